The first-order valence-electron chi connectivity index (χ1n) is 16.9. The van der Waals surface area contributed by atoms with Crippen molar-refractivity contribution in [2.75, 3.05) is 4.90 Å². The molecule has 0 fully saturated rings. The molecule has 1 heteroatoms. The largest absolute Gasteiger partial charge is 0.310 e. The van der Waals surface area contributed by atoms with E-state index in [-0.39, 0.29) is 0 Å². The van der Waals surface area contributed by atoms with Gasteiger partial charge in [0.2, 0.25) is 0 Å². The minimum Gasteiger partial charge on any atom is -0.310 e. The third-order valence-electron chi connectivity index (χ3n) is 10.1. The molecule has 0 saturated carbocycles. The molecule has 0 aromatic heterocycles. The summed E-state index contributed by atoms with van der Waals surface area (Å²) in [5, 5.41) is 15.2. The van der Waals surface area contributed by atoms with Gasteiger partial charge in [-0.15, -0.1) is 0 Å². The maximum atomic E-state index is 2.40. The Bertz CT molecular complexity index is 2870. The van der Waals surface area contributed by atoms with Crippen molar-refractivity contribution in [2.45, 2.75) is 0 Å². The van der Waals surface area contributed by atoms with Gasteiger partial charge in [0.05, 0.1) is 0 Å². The van der Waals surface area contributed by atoms with E-state index < -0.39 is 0 Å². The molecular formula is C48H31N. The van der Waals surface area contributed by atoms with Gasteiger partial charge in [-0.05, 0) is 118 Å². The zero-order valence-corrected chi connectivity index (χ0v) is 26.8. The van der Waals surface area contributed by atoms with Gasteiger partial charge in [0.15, 0.2) is 0 Å². The second-order valence-electron chi connectivity index (χ2n) is 13.0. The molecule has 0 amide bonds. The average Bonchev–Trinajstić information content (AvgIpc) is 3.17. The average molecular weight is 622 g/mol. The third kappa shape index (κ3) is 4.63. The van der Waals surface area contributed by atoms with Crippen molar-refractivity contribution in [3.63, 3.8) is 0 Å². The minimum absolute atomic E-state index is 1.12. The fraction of sp³-hybridized carbons (Fsp3) is 0. The molecule has 228 valence electrons. The maximum Gasteiger partial charge on any atom is 0.0468 e. The minimum atomic E-state index is 1.12. The van der Waals surface area contributed by atoms with Gasteiger partial charge in [0.1, 0.15) is 0 Å². The second kappa shape index (κ2) is 11.1. The number of hydrogen-bond acceptors (Lipinski definition) is 1. The van der Waals surface area contributed by atoms with E-state index in [1.54, 1.807) is 0 Å². The first kappa shape index (κ1) is 27.7. The number of nitrogens with zero attached hydrogens (tertiary/aromatic N) is 1. The van der Waals surface area contributed by atoms with Crippen molar-refractivity contribution >= 4 is 81.7 Å². The lowest BCUT2D eigenvalue weighted by molar-refractivity contribution is 1.29. The third-order valence-corrected chi connectivity index (χ3v) is 10.1. The van der Waals surface area contributed by atoms with Gasteiger partial charge in [-0.25, -0.2) is 0 Å². The molecule has 10 aromatic carbocycles. The molecule has 10 aromatic rings. The van der Waals surface area contributed by atoms with Crippen molar-refractivity contribution < 1.29 is 0 Å². The van der Waals surface area contributed by atoms with Crippen molar-refractivity contribution in [1.29, 1.82) is 0 Å². The monoisotopic (exact) mass is 621 g/mol. The molecule has 49 heavy (non-hydrogen) atoms. The molecule has 0 radical (unpaired) electrons. The fourth-order valence-electron chi connectivity index (χ4n) is 7.70. The van der Waals surface area contributed by atoms with Gasteiger partial charge in [-0.3, -0.25) is 0 Å². The van der Waals surface area contributed by atoms with Crippen molar-refractivity contribution in [2.24, 2.45) is 0 Å². The summed E-state index contributed by atoms with van der Waals surface area (Å²) in [6, 6.07) is 69.0. The molecule has 0 aliphatic rings. The van der Waals surface area contributed by atoms with Gasteiger partial charge >= 0.3 is 0 Å². The number of fused-ring (bicyclic) bond motifs is 9. The molecule has 10 rings (SSSR count). The summed E-state index contributed by atoms with van der Waals surface area (Å²) in [6.07, 6.45) is 0. The van der Waals surface area contributed by atoms with Crippen LogP contribution in [0.2, 0.25) is 0 Å². The predicted octanol–water partition coefficient (Wildman–Crippen LogP) is 13.7. The van der Waals surface area contributed by atoms with Crippen LogP contribution in [0.15, 0.2) is 188 Å². The summed E-state index contributed by atoms with van der Waals surface area (Å²) >= 11 is 0. The normalized spacial score (nSPS) is 11.7. The van der Waals surface area contributed by atoms with E-state index in [2.05, 4.69) is 193 Å². The summed E-state index contributed by atoms with van der Waals surface area (Å²) in [4.78, 5) is 2.40. The van der Waals surface area contributed by atoms with Gasteiger partial charge in [-0.2, -0.15) is 0 Å². The summed E-state index contributed by atoms with van der Waals surface area (Å²) in [5.74, 6) is 0. The molecule has 0 spiro atoms. The molecule has 0 aliphatic carbocycles. The van der Waals surface area contributed by atoms with Crippen molar-refractivity contribution in [1.82, 2.24) is 0 Å². The molecule has 0 heterocycles. The van der Waals surface area contributed by atoms with Gasteiger partial charge in [-0.1, -0.05) is 146 Å². The Hall–Kier alpha value is -6.44. The Morgan fingerprint density at radius 3 is 1.37 bits per heavy atom. The van der Waals surface area contributed by atoms with Crippen LogP contribution in [0.3, 0.4) is 0 Å². The smallest absolute Gasteiger partial charge is 0.0468 e. The lowest BCUT2D eigenvalue weighted by Crippen LogP contribution is -2.10. The summed E-state index contributed by atoms with van der Waals surface area (Å²) in [6.45, 7) is 0. The lowest BCUT2D eigenvalue weighted by Gasteiger charge is -2.27. The highest BCUT2D eigenvalue weighted by Crippen LogP contribution is 2.42. The Morgan fingerprint density at radius 2 is 0.673 bits per heavy atom. The number of hydrogen-bond donors (Lipinski definition) is 0. The highest BCUT2D eigenvalue weighted by molar-refractivity contribution is 6.27. The highest BCUT2D eigenvalue weighted by Gasteiger charge is 2.16. The summed E-state index contributed by atoms with van der Waals surface area (Å²) in [7, 11) is 0. The molecular weight excluding hydrogens is 591 g/mol. The van der Waals surface area contributed by atoms with E-state index >= 15 is 0 Å². The van der Waals surface area contributed by atoms with Crippen molar-refractivity contribution in [3.05, 3.63) is 188 Å². The van der Waals surface area contributed by atoms with E-state index in [9.17, 15) is 0 Å². The molecule has 1 nitrogen and oxygen atoms in total. The Kier molecular flexibility index (Phi) is 6.25. The first-order chi connectivity index (χ1) is 24.3. The number of rotatable bonds is 4. The quantitative estimate of drug-likeness (QED) is 0.177. The van der Waals surface area contributed by atoms with Crippen LogP contribution in [0.1, 0.15) is 0 Å². The fourth-order valence-corrected chi connectivity index (χ4v) is 7.70. The molecule has 0 aliphatic heterocycles. The van der Waals surface area contributed by atoms with Crippen LogP contribution in [0.4, 0.5) is 17.1 Å². The topological polar surface area (TPSA) is 3.24 Å². The van der Waals surface area contributed by atoms with Crippen LogP contribution in [-0.4, -0.2) is 0 Å². The highest BCUT2D eigenvalue weighted by atomic mass is 15.1. The van der Waals surface area contributed by atoms with E-state index in [4.69, 9.17) is 0 Å². The first-order valence-corrected chi connectivity index (χ1v) is 16.9. The van der Waals surface area contributed by atoms with Gasteiger partial charge < -0.3 is 4.90 Å². The molecule has 0 atom stereocenters. The second-order valence-corrected chi connectivity index (χ2v) is 13.0. The van der Waals surface area contributed by atoms with E-state index in [1.807, 2.05) is 0 Å². The van der Waals surface area contributed by atoms with Crippen LogP contribution < -0.4 is 4.90 Å². The van der Waals surface area contributed by atoms with E-state index in [1.165, 1.54) is 75.8 Å². The molecule has 0 N–H and O–H groups in total. The molecule has 0 unspecified atom stereocenters. The summed E-state index contributed by atoms with van der Waals surface area (Å²) < 4.78 is 0. The lowest BCUT2D eigenvalue weighted by atomic mass is 9.92. The van der Waals surface area contributed by atoms with Crippen LogP contribution in [0, 0.1) is 0 Å². The van der Waals surface area contributed by atoms with Crippen LogP contribution >= 0.6 is 0 Å². The van der Waals surface area contributed by atoms with Crippen molar-refractivity contribution in [3.8, 4) is 11.1 Å². The van der Waals surface area contributed by atoms with Crippen LogP contribution in [-0.2, 0) is 0 Å². The zero-order chi connectivity index (χ0) is 32.3. The SMILES string of the molecule is c1ccc2cc(-c3ccc(N(c4ccc5ccccc5c4)c4ccc5ccc6ccc7ccc8ccccc8c7c6c5c4)cc3)ccc2c1. The van der Waals surface area contributed by atoms with Gasteiger partial charge in [0.25, 0.3) is 0 Å². The number of benzene rings is 10. The Balaban J connectivity index is 1.19. The standard InChI is InChI=1S/C48H31N/c1-3-10-39-29-41(20-13-32(39)7-1)34-21-25-42(26-22-34)49(43-27-23-33-8-2-4-11-40(33)30-43)44-28-24-36-15-17-38-19-18-37-16-14-35-9-5-6-12-45(35)47(37)48(38)46(36)31-44/h1-31H. The molecule has 0 bridgehead atoms. The number of anilines is 3. The zero-order valence-electron chi connectivity index (χ0n) is 26.8. The van der Waals surface area contributed by atoms with Crippen LogP contribution in [0.5, 0.6) is 0 Å². The van der Waals surface area contributed by atoms with E-state index in [0.717, 1.165) is 17.1 Å². The summed E-state index contributed by atoms with van der Waals surface area (Å²) in [5.41, 5.74) is 5.81. The van der Waals surface area contributed by atoms with E-state index in [0.29, 0.717) is 0 Å². The van der Waals surface area contributed by atoms with Crippen LogP contribution in [0.25, 0.3) is 75.8 Å². The van der Waals surface area contributed by atoms with Gasteiger partial charge in [0, 0.05) is 17.1 Å². The maximum absolute atomic E-state index is 2.40. The Morgan fingerprint density at radius 1 is 0.245 bits per heavy atom. The Labute approximate surface area is 284 Å². The predicted molar refractivity (Wildman–Crippen MR) is 212 cm³/mol. The molecule has 0 saturated heterocycles.